The maximum atomic E-state index is 9.74. The largest absolute Gasteiger partial charge is 0.395 e. The van der Waals surface area contributed by atoms with Crippen LogP contribution in [0.4, 0.5) is 11.9 Å². The van der Waals surface area contributed by atoms with E-state index in [1.165, 1.54) is 0 Å². The van der Waals surface area contributed by atoms with Crippen LogP contribution in [0.25, 0.3) is 44.6 Å². The quantitative estimate of drug-likeness (QED) is 0.0979. The lowest BCUT2D eigenvalue weighted by Gasteiger charge is -2.26. The SMILES string of the molecule is OC1CCC(Nc2nccc(-c3cn(CCOC4CCCCO4)c4ncccc34)n2)CC1.OCCn1cc(-c2ccnc(NC3CCC(O)CC3)n2)c2cccnc21. The average molecular weight is 791 g/mol. The van der Waals surface area contributed by atoms with Crippen LogP contribution in [0.2, 0.25) is 0 Å². The number of aliphatic hydroxyl groups is 3. The van der Waals surface area contributed by atoms with Crippen molar-refractivity contribution in [3.63, 3.8) is 0 Å². The molecule has 3 aliphatic rings. The predicted octanol–water partition coefficient (Wildman–Crippen LogP) is 5.95. The first-order chi connectivity index (χ1) is 28.5. The molecule has 9 rings (SSSR count). The molecule has 0 amide bonds. The Morgan fingerprint density at radius 1 is 0.638 bits per heavy atom. The van der Waals surface area contributed by atoms with Gasteiger partial charge in [-0.1, -0.05) is 0 Å². The van der Waals surface area contributed by atoms with Gasteiger partial charge in [0.2, 0.25) is 11.9 Å². The van der Waals surface area contributed by atoms with Crippen molar-refractivity contribution in [2.24, 2.45) is 0 Å². The van der Waals surface area contributed by atoms with Crippen LogP contribution in [-0.4, -0.2) is 105 Å². The van der Waals surface area contributed by atoms with Gasteiger partial charge in [-0.25, -0.2) is 29.9 Å². The molecule has 306 valence electrons. The van der Waals surface area contributed by atoms with Gasteiger partial charge in [0.05, 0.1) is 36.8 Å². The standard InChI is InChI=1S/C24H31N5O3.C19H23N5O2/c30-18-8-6-17(7-9-18)27-24-26-12-10-21(28-24)20-16-29(23-19(20)4-3-11-25-23)13-15-32-22-5-1-2-14-31-22;25-11-10-24-12-16(15-2-1-8-20-18(15)24)17-7-9-21-19(23-17)22-13-3-5-14(26)6-4-13/h3-4,10-12,16-18,22,30H,1-2,5-9,13-15H2,(H,26,27,28);1-2,7-9,12-14,25-26H,3-6,10-11H2,(H,21,22,23). The van der Waals surface area contributed by atoms with Crippen molar-refractivity contribution >= 4 is 34.0 Å². The Bertz CT molecular complexity index is 2220. The van der Waals surface area contributed by atoms with Gasteiger partial charge in [0.1, 0.15) is 11.3 Å². The molecule has 6 aromatic heterocycles. The van der Waals surface area contributed by atoms with Crippen molar-refractivity contribution in [2.75, 3.05) is 30.5 Å². The molecule has 2 saturated carbocycles. The van der Waals surface area contributed by atoms with Gasteiger partial charge >= 0.3 is 0 Å². The van der Waals surface area contributed by atoms with E-state index in [0.29, 0.717) is 43.7 Å². The van der Waals surface area contributed by atoms with Gasteiger partial charge in [-0.15, -0.1) is 0 Å². The third-order valence-corrected chi connectivity index (χ3v) is 11.3. The van der Waals surface area contributed by atoms with Crippen LogP contribution in [0, 0.1) is 0 Å². The van der Waals surface area contributed by atoms with Crippen LogP contribution < -0.4 is 10.6 Å². The number of anilines is 2. The first-order valence-electron chi connectivity index (χ1n) is 20.8. The molecule has 6 aromatic rings. The van der Waals surface area contributed by atoms with Gasteiger partial charge in [-0.2, -0.15) is 0 Å². The molecule has 0 spiro atoms. The highest BCUT2D eigenvalue weighted by Gasteiger charge is 2.22. The van der Waals surface area contributed by atoms with E-state index < -0.39 is 0 Å². The van der Waals surface area contributed by atoms with Gasteiger partial charge in [0, 0.05) is 90.9 Å². The summed E-state index contributed by atoms with van der Waals surface area (Å²) in [7, 11) is 0. The van der Waals surface area contributed by atoms with Crippen molar-refractivity contribution in [2.45, 2.75) is 114 Å². The van der Waals surface area contributed by atoms with E-state index in [-0.39, 0.29) is 25.1 Å². The minimum Gasteiger partial charge on any atom is -0.395 e. The van der Waals surface area contributed by atoms with E-state index >= 15 is 0 Å². The van der Waals surface area contributed by atoms with Gasteiger partial charge in [0.25, 0.3) is 0 Å². The number of nitrogens with zero attached hydrogens (tertiary/aromatic N) is 8. The van der Waals surface area contributed by atoms with Gasteiger partial charge in [-0.3, -0.25) is 0 Å². The highest BCUT2D eigenvalue weighted by atomic mass is 16.7. The smallest absolute Gasteiger partial charge is 0.223 e. The average Bonchev–Trinajstić information content (AvgIpc) is 3.82. The fraction of sp³-hybridized carbons (Fsp3) is 0.488. The van der Waals surface area contributed by atoms with Crippen molar-refractivity contribution < 1.29 is 24.8 Å². The minimum atomic E-state index is -0.176. The zero-order valence-electron chi connectivity index (χ0n) is 32.9. The second-order valence-corrected chi connectivity index (χ2v) is 15.4. The number of hydrogen-bond acceptors (Lipinski definition) is 13. The van der Waals surface area contributed by atoms with Gasteiger partial charge in [-0.05, 0) is 107 Å². The number of nitrogens with one attached hydrogen (secondary N) is 2. The summed E-state index contributed by atoms with van der Waals surface area (Å²) >= 11 is 0. The summed E-state index contributed by atoms with van der Waals surface area (Å²) in [6, 6.07) is 12.4. The Hall–Kier alpha value is -5.06. The molecule has 3 fully saturated rings. The van der Waals surface area contributed by atoms with Crippen molar-refractivity contribution in [1.82, 2.24) is 39.0 Å². The molecule has 1 atom stereocenters. The van der Waals surface area contributed by atoms with E-state index in [2.05, 4.69) is 47.4 Å². The topological polar surface area (TPSA) is 190 Å². The number of fused-ring (bicyclic) bond motifs is 2. The van der Waals surface area contributed by atoms with E-state index in [1.54, 1.807) is 18.6 Å². The van der Waals surface area contributed by atoms with Crippen LogP contribution in [-0.2, 0) is 22.6 Å². The lowest BCUT2D eigenvalue weighted by atomic mass is 9.93. The van der Waals surface area contributed by atoms with E-state index in [0.717, 1.165) is 122 Å². The Morgan fingerprint density at radius 2 is 1.17 bits per heavy atom. The van der Waals surface area contributed by atoms with Crippen LogP contribution in [0.3, 0.4) is 0 Å². The van der Waals surface area contributed by atoms with Crippen LogP contribution in [0.5, 0.6) is 0 Å². The number of aromatic nitrogens is 8. The molecule has 0 radical (unpaired) electrons. The highest BCUT2D eigenvalue weighted by Crippen LogP contribution is 2.31. The van der Waals surface area contributed by atoms with E-state index in [9.17, 15) is 15.3 Å². The summed E-state index contributed by atoms with van der Waals surface area (Å²) in [6.45, 7) is 2.62. The molecular weight excluding hydrogens is 737 g/mol. The van der Waals surface area contributed by atoms with Crippen LogP contribution in [0.15, 0.2) is 73.6 Å². The van der Waals surface area contributed by atoms with Crippen molar-refractivity contribution in [1.29, 1.82) is 0 Å². The molecule has 2 aliphatic carbocycles. The maximum Gasteiger partial charge on any atom is 0.223 e. The molecule has 1 aliphatic heterocycles. The Labute approximate surface area is 337 Å². The number of ether oxygens (including phenoxy) is 2. The zero-order chi connectivity index (χ0) is 39.7. The summed E-state index contributed by atoms with van der Waals surface area (Å²) in [5, 5.41) is 37.6. The van der Waals surface area contributed by atoms with E-state index in [4.69, 9.17) is 19.4 Å². The lowest BCUT2D eigenvalue weighted by Crippen LogP contribution is -2.28. The summed E-state index contributed by atoms with van der Waals surface area (Å²) in [5.41, 5.74) is 5.47. The molecule has 0 bridgehead atoms. The summed E-state index contributed by atoms with van der Waals surface area (Å²) in [4.78, 5) is 27.3. The number of rotatable bonds is 12. The summed E-state index contributed by atoms with van der Waals surface area (Å²) in [6.07, 6.45) is 21.0. The maximum absolute atomic E-state index is 9.74. The monoisotopic (exact) mass is 790 g/mol. The lowest BCUT2D eigenvalue weighted by molar-refractivity contribution is -0.163. The third kappa shape index (κ3) is 9.79. The predicted molar refractivity (Wildman–Crippen MR) is 222 cm³/mol. The van der Waals surface area contributed by atoms with Gasteiger partial charge in [0.15, 0.2) is 6.29 Å². The molecule has 1 saturated heterocycles. The molecule has 5 N–H and O–H groups in total. The zero-order valence-corrected chi connectivity index (χ0v) is 32.9. The first-order valence-corrected chi connectivity index (χ1v) is 20.8. The number of pyridine rings is 2. The summed E-state index contributed by atoms with van der Waals surface area (Å²) in [5.74, 6) is 1.24. The first kappa shape index (κ1) is 39.8. The normalized spacial score (nSPS) is 22.4. The van der Waals surface area contributed by atoms with Crippen molar-refractivity contribution in [3.8, 4) is 22.5 Å². The molecule has 1 unspecified atom stereocenters. The second kappa shape index (κ2) is 19.1. The Balaban J connectivity index is 0.000000165. The van der Waals surface area contributed by atoms with Crippen LogP contribution >= 0.6 is 0 Å². The van der Waals surface area contributed by atoms with Crippen LogP contribution in [0.1, 0.15) is 70.6 Å². The minimum absolute atomic E-state index is 0.0594. The summed E-state index contributed by atoms with van der Waals surface area (Å²) < 4.78 is 15.7. The number of aliphatic hydroxyl groups excluding tert-OH is 3. The molecule has 7 heterocycles. The fourth-order valence-electron chi connectivity index (χ4n) is 8.19. The molecule has 15 heteroatoms. The molecule has 0 aromatic carbocycles. The van der Waals surface area contributed by atoms with Crippen molar-refractivity contribution in [3.05, 3.63) is 73.6 Å². The third-order valence-electron chi connectivity index (χ3n) is 11.3. The molecule has 58 heavy (non-hydrogen) atoms. The molecular formula is C43H54N10O5. The number of hydrogen-bond donors (Lipinski definition) is 5. The Morgan fingerprint density at radius 3 is 1.67 bits per heavy atom. The van der Waals surface area contributed by atoms with Gasteiger partial charge < -0.3 is 44.6 Å². The van der Waals surface area contributed by atoms with E-state index in [1.807, 2.05) is 47.3 Å². The molecule has 15 nitrogen and oxygen atoms in total. The fourth-order valence-corrected chi connectivity index (χ4v) is 8.19. The Kier molecular flexibility index (Phi) is 13.1. The highest BCUT2D eigenvalue weighted by molar-refractivity contribution is 5.94. The second-order valence-electron chi connectivity index (χ2n) is 15.4.